The number of nitrogens with one attached hydrogen (secondary N) is 3. The van der Waals surface area contributed by atoms with E-state index >= 15 is 0 Å². The van der Waals surface area contributed by atoms with E-state index < -0.39 is 10.8 Å². The van der Waals surface area contributed by atoms with Gasteiger partial charge in [0.25, 0.3) is 5.91 Å². The summed E-state index contributed by atoms with van der Waals surface area (Å²) in [6.07, 6.45) is 0. The van der Waals surface area contributed by atoms with E-state index in [0.29, 0.717) is 28.9 Å². The van der Waals surface area contributed by atoms with Gasteiger partial charge in [0.05, 0.1) is 21.8 Å². The van der Waals surface area contributed by atoms with E-state index in [2.05, 4.69) is 15.3 Å². The molecule has 0 aliphatic carbocycles. The molecule has 23 heavy (non-hydrogen) atoms. The number of aromatic amines is 2. The van der Waals surface area contributed by atoms with E-state index in [1.165, 1.54) is 0 Å². The summed E-state index contributed by atoms with van der Waals surface area (Å²) in [5, 5.41) is 2.74. The minimum absolute atomic E-state index is 0.265. The molecule has 3 N–H and O–H groups in total. The van der Waals surface area contributed by atoms with Crippen molar-refractivity contribution in [3.8, 4) is 0 Å². The summed E-state index contributed by atoms with van der Waals surface area (Å²) in [4.78, 5) is 29.3. The summed E-state index contributed by atoms with van der Waals surface area (Å²) in [6.45, 7) is 0.308. The average molecular weight is 329 g/mol. The fourth-order valence-electron chi connectivity index (χ4n) is 2.22. The van der Waals surface area contributed by atoms with Gasteiger partial charge in [-0.15, -0.1) is 0 Å². The molecule has 1 atom stereocenters. The molecule has 1 heterocycles. The Balaban J connectivity index is 1.60. The highest BCUT2D eigenvalue weighted by atomic mass is 32.2. The SMILES string of the molecule is O=C(NCC[S@@](=O)c1ccccc1)c1ccc2[nH]c(=O)[nH]c2c1. The molecule has 0 fully saturated rings. The molecular formula is C16H15N3O3S. The number of hydrogen-bond acceptors (Lipinski definition) is 3. The number of aromatic nitrogens is 2. The summed E-state index contributed by atoms with van der Waals surface area (Å²) in [5.74, 6) is 0.0814. The van der Waals surface area contributed by atoms with Crippen LogP contribution in [0.5, 0.6) is 0 Å². The molecule has 0 aliphatic rings. The summed E-state index contributed by atoms with van der Waals surface area (Å²) >= 11 is 0. The standard InChI is InChI=1S/C16H15N3O3S/c20-15(11-6-7-13-14(10-11)19-16(21)18-13)17-8-9-23(22)12-4-2-1-3-5-12/h1-7,10H,8-9H2,(H,17,20)(H2,18,19,21)/t23-/m1/s1. The fourth-order valence-corrected chi connectivity index (χ4v) is 3.21. The molecule has 3 aromatic rings. The fraction of sp³-hybridized carbons (Fsp3) is 0.125. The van der Waals surface area contributed by atoms with Crippen molar-refractivity contribution in [3.63, 3.8) is 0 Å². The Hall–Kier alpha value is -2.67. The van der Waals surface area contributed by atoms with Crippen LogP contribution >= 0.6 is 0 Å². The molecule has 118 valence electrons. The molecule has 7 heteroatoms. The van der Waals surface area contributed by atoms with Gasteiger partial charge in [0, 0.05) is 22.8 Å². The predicted molar refractivity (Wildman–Crippen MR) is 89.0 cm³/mol. The Morgan fingerprint density at radius 2 is 1.78 bits per heavy atom. The third-order valence-corrected chi connectivity index (χ3v) is 4.73. The lowest BCUT2D eigenvalue weighted by Gasteiger charge is -2.05. The number of benzene rings is 2. The normalized spacial score (nSPS) is 12.2. The van der Waals surface area contributed by atoms with E-state index in [1.54, 1.807) is 30.3 Å². The van der Waals surface area contributed by atoms with Gasteiger partial charge in [0.15, 0.2) is 0 Å². The van der Waals surface area contributed by atoms with Crippen LogP contribution in [0.1, 0.15) is 10.4 Å². The molecule has 1 aromatic heterocycles. The van der Waals surface area contributed by atoms with Crippen LogP contribution in [0.15, 0.2) is 58.2 Å². The Bertz CT molecular complexity index is 915. The van der Waals surface area contributed by atoms with Gasteiger partial charge in [-0.05, 0) is 30.3 Å². The van der Waals surface area contributed by atoms with Gasteiger partial charge in [-0.3, -0.25) is 9.00 Å². The first-order chi connectivity index (χ1) is 11.1. The van der Waals surface area contributed by atoms with Crippen molar-refractivity contribution in [3.05, 3.63) is 64.6 Å². The molecule has 0 bridgehead atoms. The molecule has 0 aliphatic heterocycles. The van der Waals surface area contributed by atoms with Crippen molar-refractivity contribution in [1.29, 1.82) is 0 Å². The largest absolute Gasteiger partial charge is 0.351 e. The summed E-state index contributed by atoms with van der Waals surface area (Å²) in [6, 6.07) is 14.0. The molecule has 0 radical (unpaired) electrons. The minimum Gasteiger partial charge on any atom is -0.351 e. The Kier molecular flexibility index (Phi) is 4.38. The van der Waals surface area contributed by atoms with Crippen LogP contribution in [0.3, 0.4) is 0 Å². The van der Waals surface area contributed by atoms with Crippen LogP contribution in [0.25, 0.3) is 11.0 Å². The lowest BCUT2D eigenvalue weighted by atomic mass is 10.2. The zero-order chi connectivity index (χ0) is 16.2. The molecule has 0 unspecified atom stereocenters. The van der Waals surface area contributed by atoms with Crippen molar-refractivity contribution in [2.24, 2.45) is 0 Å². The van der Waals surface area contributed by atoms with Crippen LogP contribution in [-0.2, 0) is 10.8 Å². The van der Waals surface area contributed by atoms with E-state index in [0.717, 1.165) is 4.90 Å². The summed E-state index contributed by atoms with van der Waals surface area (Å²) in [5.41, 5.74) is 1.36. The number of carbonyl (C=O) groups excluding carboxylic acids is 1. The maximum Gasteiger partial charge on any atom is 0.323 e. The number of hydrogen-bond donors (Lipinski definition) is 3. The first-order valence-electron chi connectivity index (χ1n) is 7.07. The van der Waals surface area contributed by atoms with Gasteiger partial charge in [-0.25, -0.2) is 4.79 Å². The second kappa shape index (κ2) is 6.62. The zero-order valence-electron chi connectivity index (χ0n) is 12.2. The van der Waals surface area contributed by atoms with Crippen LogP contribution in [0, 0.1) is 0 Å². The second-order valence-electron chi connectivity index (χ2n) is 4.96. The monoisotopic (exact) mass is 329 g/mol. The topological polar surface area (TPSA) is 94.8 Å². The molecule has 2 aromatic carbocycles. The quantitative estimate of drug-likeness (QED) is 0.660. The minimum atomic E-state index is -1.14. The van der Waals surface area contributed by atoms with Crippen molar-refractivity contribution in [2.75, 3.05) is 12.3 Å². The predicted octanol–water partition coefficient (Wildman–Crippen LogP) is 1.39. The average Bonchev–Trinajstić information content (AvgIpc) is 2.94. The van der Waals surface area contributed by atoms with E-state index in [1.807, 2.05) is 18.2 Å². The van der Waals surface area contributed by atoms with Crippen molar-refractivity contribution < 1.29 is 9.00 Å². The van der Waals surface area contributed by atoms with E-state index in [-0.39, 0.29) is 11.6 Å². The molecule has 6 nitrogen and oxygen atoms in total. The van der Waals surface area contributed by atoms with Gasteiger partial charge in [-0.2, -0.15) is 0 Å². The number of carbonyl (C=O) groups is 1. The lowest BCUT2D eigenvalue weighted by molar-refractivity contribution is 0.0956. The third kappa shape index (κ3) is 3.57. The smallest absolute Gasteiger partial charge is 0.323 e. The Labute approximate surface area is 134 Å². The number of imidazole rings is 1. The maximum atomic E-state index is 12.1. The highest BCUT2D eigenvalue weighted by Crippen LogP contribution is 2.10. The molecule has 0 saturated heterocycles. The summed E-state index contributed by atoms with van der Waals surface area (Å²) < 4.78 is 12.1. The molecule has 3 rings (SSSR count). The maximum absolute atomic E-state index is 12.1. The van der Waals surface area contributed by atoms with Crippen LogP contribution in [-0.4, -0.2) is 32.4 Å². The Morgan fingerprint density at radius 1 is 1.04 bits per heavy atom. The van der Waals surface area contributed by atoms with Crippen molar-refractivity contribution >= 4 is 27.7 Å². The van der Waals surface area contributed by atoms with Gasteiger partial charge in [-0.1, -0.05) is 18.2 Å². The van der Waals surface area contributed by atoms with Gasteiger partial charge >= 0.3 is 5.69 Å². The molecular weight excluding hydrogens is 314 g/mol. The zero-order valence-corrected chi connectivity index (χ0v) is 13.0. The lowest BCUT2D eigenvalue weighted by Crippen LogP contribution is -2.27. The number of rotatable bonds is 5. The first kappa shape index (κ1) is 15.2. The van der Waals surface area contributed by atoms with E-state index in [9.17, 15) is 13.8 Å². The molecule has 1 amide bonds. The van der Waals surface area contributed by atoms with Crippen LogP contribution < -0.4 is 11.0 Å². The van der Waals surface area contributed by atoms with Crippen LogP contribution in [0.2, 0.25) is 0 Å². The second-order valence-corrected chi connectivity index (χ2v) is 6.53. The van der Waals surface area contributed by atoms with Crippen molar-refractivity contribution in [1.82, 2.24) is 15.3 Å². The van der Waals surface area contributed by atoms with Crippen molar-refractivity contribution in [2.45, 2.75) is 4.90 Å². The first-order valence-corrected chi connectivity index (χ1v) is 8.39. The van der Waals surface area contributed by atoms with Crippen LogP contribution in [0.4, 0.5) is 0 Å². The molecule has 0 spiro atoms. The third-order valence-electron chi connectivity index (χ3n) is 3.36. The Morgan fingerprint density at radius 3 is 2.57 bits per heavy atom. The van der Waals surface area contributed by atoms with Gasteiger partial charge in [0.2, 0.25) is 0 Å². The molecule has 0 saturated carbocycles. The highest BCUT2D eigenvalue weighted by molar-refractivity contribution is 7.85. The highest BCUT2D eigenvalue weighted by Gasteiger charge is 2.09. The van der Waals surface area contributed by atoms with Gasteiger partial charge in [0.1, 0.15) is 0 Å². The summed E-state index contributed by atoms with van der Waals surface area (Å²) in [7, 11) is -1.14. The number of amides is 1. The number of H-pyrrole nitrogens is 2. The van der Waals surface area contributed by atoms with E-state index in [4.69, 9.17) is 0 Å². The number of fused-ring (bicyclic) bond motifs is 1. The van der Waals surface area contributed by atoms with Gasteiger partial charge < -0.3 is 15.3 Å².